The number of anilines is 1. The van der Waals surface area contributed by atoms with Gasteiger partial charge in [-0.3, -0.25) is 4.18 Å². The van der Waals surface area contributed by atoms with Crippen molar-refractivity contribution < 1.29 is 12.6 Å². The van der Waals surface area contributed by atoms with Gasteiger partial charge in [0.2, 0.25) is 0 Å². The van der Waals surface area contributed by atoms with E-state index in [0.717, 1.165) is 4.70 Å². The number of hydrogen-bond acceptors (Lipinski definition) is 6. The van der Waals surface area contributed by atoms with Crippen molar-refractivity contribution >= 4 is 36.8 Å². The Labute approximate surface area is 97.0 Å². The summed E-state index contributed by atoms with van der Waals surface area (Å²) in [7, 11) is -3.65. The molecule has 0 radical (unpaired) electrons. The Balaban J connectivity index is 2.54. The normalized spacial score (nSPS) is 12.1. The number of nitrogens with two attached hydrogens (primary N) is 1. The fourth-order valence-corrected chi connectivity index (χ4v) is 3.09. The molecule has 0 aliphatic heterocycles. The van der Waals surface area contributed by atoms with Gasteiger partial charge in [-0.2, -0.15) is 8.42 Å². The molecule has 1 aromatic carbocycles. The van der Waals surface area contributed by atoms with Crippen molar-refractivity contribution in [3.63, 3.8) is 0 Å². The predicted molar refractivity (Wildman–Crippen MR) is 62.8 cm³/mol. The lowest BCUT2D eigenvalue weighted by Gasteiger charge is -2.02. The lowest BCUT2D eigenvalue weighted by molar-refractivity contribution is 0.338. The van der Waals surface area contributed by atoms with Gasteiger partial charge in [-0.05, 0) is 25.1 Å². The minimum absolute atomic E-state index is 0.116. The van der Waals surface area contributed by atoms with Gasteiger partial charge in [-0.25, -0.2) is 4.98 Å². The summed E-state index contributed by atoms with van der Waals surface area (Å²) >= 11 is 1.25. The van der Waals surface area contributed by atoms with Gasteiger partial charge in [0, 0.05) is 0 Å². The maximum absolute atomic E-state index is 11.6. The van der Waals surface area contributed by atoms with Crippen LogP contribution < -0.4 is 5.73 Å². The molecule has 0 atom stereocenters. The Morgan fingerprint density at radius 1 is 1.50 bits per heavy atom. The number of aromatic nitrogens is 1. The number of nitrogen functional groups attached to an aromatic ring is 1. The summed E-state index contributed by atoms with van der Waals surface area (Å²) in [6, 6.07) is 4.61. The molecule has 0 amide bonds. The summed E-state index contributed by atoms with van der Waals surface area (Å²) in [5, 5.41) is 0.418. The number of fused-ring (bicyclic) bond motifs is 1. The van der Waals surface area contributed by atoms with Crippen LogP contribution in [0.4, 0.5) is 5.13 Å². The lowest BCUT2D eigenvalue weighted by atomic mass is 10.3. The first-order valence-electron chi connectivity index (χ1n) is 4.58. The van der Waals surface area contributed by atoms with Gasteiger partial charge in [-0.15, -0.1) is 0 Å². The molecule has 0 saturated carbocycles. The van der Waals surface area contributed by atoms with Crippen LogP contribution in [0.25, 0.3) is 10.2 Å². The summed E-state index contributed by atoms with van der Waals surface area (Å²) in [6.45, 7) is 1.74. The van der Waals surface area contributed by atoms with Crippen LogP contribution in [0, 0.1) is 0 Å². The van der Waals surface area contributed by atoms with Gasteiger partial charge in [0.25, 0.3) is 10.1 Å². The fraction of sp³-hybridized carbons (Fsp3) is 0.222. The standard InChI is InChI=1S/C9H10N2O3S2/c1-2-14-16(12,13)6-3-4-7-8(5-6)15-9(10)11-7/h3-5H,2H2,1H3,(H2,10,11). The first-order chi connectivity index (χ1) is 7.53. The third-order valence-corrected chi connectivity index (χ3v) is 4.16. The van der Waals surface area contributed by atoms with Crippen molar-refractivity contribution in [2.75, 3.05) is 12.3 Å². The maximum Gasteiger partial charge on any atom is 0.297 e. The van der Waals surface area contributed by atoms with Crippen LogP contribution >= 0.6 is 11.3 Å². The second-order valence-corrected chi connectivity index (χ2v) is 5.72. The molecule has 0 saturated heterocycles. The van der Waals surface area contributed by atoms with Crippen LogP contribution in [0.3, 0.4) is 0 Å². The molecule has 2 aromatic rings. The van der Waals surface area contributed by atoms with E-state index < -0.39 is 10.1 Å². The van der Waals surface area contributed by atoms with Crippen LogP contribution in [0.1, 0.15) is 6.92 Å². The van der Waals surface area contributed by atoms with Gasteiger partial charge in [0.15, 0.2) is 5.13 Å². The minimum atomic E-state index is -3.65. The molecule has 1 heterocycles. The monoisotopic (exact) mass is 258 g/mol. The minimum Gasteiger partial charge on any atom is -0.375 e. The second-order valence-electron chi connectivity index (χ2n) is 3.04. The maximum atomic E-state index is 11.6. The van der Waals surface area contributed by atoms with Gasteiger partial charge >= 0.3 is 0 Å². The lowest BCUT2D eigenvalue weighted by Crippen LogP contribution is -2.05. The van der Waals surface area contributed by atoms with E-state index in [1.165, 1.54) is 23.5 Å². The molecule has 86 valence electrons. The molecule has 5 nitrogen and oxygen atoms in total. The third-order valence-electron chi connectivity index (χ3n) is 1.94. The highest BCUT2D eigenvalue weighted by molar-refractivity contribution is 7.86. The van der Waals surface area contributed by atoms with Crippen molar-refractivity contribution in [3.8, 4) is 0 Å². The van der Waals surface area contributed by atoms with Gasteiger partial charge < -0.3 is 5.73 Å². The Bertz CT molecular complexity index is 619. The van der Waals surface area contributed by atoms with Gasteiger partial charge in [0.05, 0.1) is 21.7 Å². The van der Waals surface area contributed by atoms with Crippen molar-refractivity contribution in [1.82, 2.24) is 4.98 Å². The topological polar surface area (TPSA) is 82.3 Å². The molecule has 7 heteroatoms. The average molecular weight is 258 g/mol. The highest BCUT2D eigenvalue weighted by Gasteiger charge is 2.15. The Morgan fingerprint density at radius 2 is 2.25 bits per heavy atom. The smallest absolute Gasteiger partial charge is 0.297 e. The van der Waals surface area contributed by atoms with E-state index >= 15 is 0 Å². The Hall–Kier alpha value is -1.18. The van der Waals surface area contributed by atoms with Crippen molar-refractivity contribution in [3.05, 3.63) is 18.2 Å². The summed E-state index contributed by atoms with van der Waals surface area (Å²) < 4.78 is 28.7. The molecule has 2 N–H and O–H groups in total. The van der Waals surface area contributed by atoms with Crippen molar-refractivity contribution in [1.29, 1.82) is 0 Å². The number of benzene rings is 1. The van der Waals surface area contributed by atoms with Crippen molar-refractivity contribution in [2.45, 2.75) is 11.8 Å². The zero-order chi connectivity index (χ0) is 11.8. The van der Waals surface area contributed by atoms with Crippen LogP contribution in [0.5, 0.6) is 0 Å². The second kappa shape index (κ2) is 4.00. The summed E-state index contributed by atoms with van der Waals surface area (Å²) in [5.41, 5.74) is 6.23. The quantitative estimate of drug-likeness (QED) is 0.846. The van der Waals surface area contributed by atoms with Crippen LogP contribution in [-0.4, -0.2) is 20.0 Å². The highest BCUT2D eigenvalue weighted by Crippen LogP contribution is 2.26. The van der Waals surface area contributed by atoms with Crippen LogP contribution in [0.15, 0.2) is 23.1 Å². The fourth-order valence-electron chi connectivity index (χ4n) is 1.30. The molecule has 0 bridgehead atoms. The van der Waals surface area contributed by atoms with Crippen LogP contribution in [-0.2, 0) is 14.3 Å². The summed E-state index contributed by atoms with van der Waals surface area (Å²) in [5.74, 6) is 0. The van der Waals surface area contributed by atoms with E-state index in [9.17, 15) is 8.42 Å². The number of rotatable bonds is 3. The first kappa shape index (κ1) is 11.3. The van der Waals surface area contributed by atoms with Gasteiger partial charge in [0.1, 0.15) is 0 Å². The SMILES string of the molecule is CCOS(=O)(=O)c1ccc2nc(N)sc2c1. The molecule has 0 fully saturated rings. The largest absolute Gasteiger partial charge is 0.375 e. The number of thiazole rings is 1. The van der Waals surface area contributed by atoms with Crippen LogP contribution in [0.2, 0.25) is 0 Å². The van der Waals surface area contributed by atoms with E-state index in [2.05, 4.69) is 4.98 Å². The molecule has 0 unspecified atom stereocenters. The molecule has 0 spiro atoms. The molecule has 2 rings (SSSR count). The van der Waals surface area contributed by atoms with E-state index in [4.69, 9.17) is 9.92 Å². The average Bonchev–Trinajstić information content (AvgIpc) is 2.56. The van der Waals surface area contributed by atoms with E-state index in [0.29, 0.717) is 10.6 Å². The van der Waals surface area contributed by atoms with E-state index in [1.54, 1.807) is 13.0 Å². The molecule has 1 aromatic heterocycles. The molecule has 0 aliphatic carbocycles. The Morgan fingerprint density at radius 3 is 2.94 bits per heavy atom. The summed E-state index contributed by atoms with van der Waals surface area (Å²) in [6.07, 6.45) is 0. The summed E-state index contributed by atoms with van der Waals surface area (Å²) in [4.78, 5) is 4.17. The molecular weight excluding hydrogens is 248 g/mol. The first-order valence-corrected chi connectivity index (χ1v) is 6.81. The zero-order valence-corrected chi connectivity index (χ0v) is 10.1. The van der Waals surface area contributed by atoms with Gasteiger partial charge in [-0.1, -0.05) is 11.3 Å². The van der Waals surface area contributed by atoms with E-state index in [-0.39, 0.29) is 11.5 Å². The Kier molecular flexibility index (Phi) is 2.83. The number of hydrogen-bond donors (Lipinski definition) is 1. The third kappa shape index (κ3) is 2.01. The molecule has 0 aliphatic rings. The van der Waals surface area contributed by atoms with Crippen molar-refractivity contribution in [2.24, 2.45) is 0 Å². The predicted octanol–water partition coefficient (Wildman–Crippen LogP) is 1.60. The highest BCUT2D eigenvalue weighted by atomic mass is 32.2. The molecular formula is C9H10N2O3S2. The van der Waals surface area contributed by atoms with E-state index in [1.807, 2.05) is 0 Å². The molecule has 16 heavy (non-hydrogen) atoms. The number of nitrogens with zero attached hydrogens (tertiary/aromatic N) is 1. The zero-order valence-electron chi connectivity index (χ0n) is 8.50.